The molecule has 0 spiro atoms. The Morgan fingerprint density at radius 3 is 2.76 bits per heavy atom. The summed E-state index contributed by atoms with van der Waals surface area (Å²) in [6.45, 7) is 5.08. The van der Waals surface area contributed by atoms with Crippen LogP contribution in [0.3, 0.4) is 0 Å². The largest absolute Gasteiger partial charge is 0.472 e. The molecule has 8 atom stereocenters. The van der Waals surface area contributed by atoms with Crippen LogP contribution >= 0.6 is 0 Å². The predicted molar refractivity (Wildman–Crippen MR) is 110 cm³/mol. The van der Waals surface area contributed by atoms with Gasteiger partial charge in [0.15, 0.2) is 0 Å². The number of rotatable bonds is 4. The average molecular weight is 401 g/mol. The van der Waals surface area contributed by atoms with Gasteiger partial charge in [0.1, 0.15) is 12.9 Å². The zero-order valence-corrected chi connectivity index (χ0v) is 17.9. The third-order valence-corrected chi connectivity index (χ3v) is 10.1. The first-order chi connectivity index (χ1) is 13.9. The summed E-state index contributed by atoms with van der Waals surface area (Å²) < 4.78 is 11.2. The van der Waals surface area contributed by atoms with Crippen molar-refractivity contribution in [3.05, 3.63) is 24.2 Å². The summed E-state index contributed by atoms with van der Waals surface area (Å²) >= 11 is 0. The summed E-state index contributed by atoms with van der Waals surface area (Å²) in [5.41, 5.74) is 0.964. The summed E-state index contributed by atoms with van der Waals surface area (Å²) in [7, 11) is 0. The molecule has 160 valence electrons. The fourth-order valence-electron chi connectivity index (χ4n) is 8.52. The Balaban J connectivity index is 1.40. The Kier molecular flexibility index (Phi) is 4.75. The molecule has 1 aromatic rings. The van der Waals surface area contributed by atoms with Gasteiger partial charge in [0.05, 0.1) is 24.2 Å². The lowest BCUT2D eigenvalue weighted by Gasteiger charge is -2.63. The maximum atomic E-state index is 12.2. The van der Waals surface area contributed by atoms with Crippen molar-refractivity contribution in [3.8, 4) is 0 Å². The first kappa shape index (κ1) is 19.8. The van der Waals surface area contributed by atoms with Crippen molar-refractivity contribution >= 4 is 6.29 Å². The molecule has 0 radical (unpaired) electrons. The van der Waals surface area contributed by atoms with Crippen LogP contribution in [0, 0.1) is 28.6 Å². The van der Waals surface area contributed by atoms with Crippen LogP contribution in [0.2, 0.25) is 0 Å². The summed E-state index contributed by atoms with van der Waals surface area (Å²) in [5, 5.41) is 12.2. The van der Waals surface area contributed by atoms with E-state index in [0.29, 0.717) is 29.1 Å². The minimum atomic E-state index is -0.559. The Hall–Kier alpha value is -1.13. The van der Waals surface area contributed by atoms with E-state index in [-0.39, 0.29) is 18.1 Å². The fraction of sp³-hybridized carbons (Fsp3) is 0.800. The molecule has 4 heteroatoms. The molecule has 4 saturated carbocycles. The van der Waals surface area contributed by atoms with E-state index in [1.165, 1.54) is 24.8 Å². The Labute approximate surface area is 174 Å². The lowest BCUT2D eigenvalue weighted by Crippen LogP contribution is -2.62. The topological polar surface area (TPSA) is 59.7 Å². The van der Waals surface area contributed by atoms with Crippen LogP contribution in [0.1, 0.15) is 83.1 Å². The molecule has 4 nitrogen and oxygen atoms in total. The van der Waals surface area contributed by atoms with Crippen molar-refractivity contribution in [3.63, 3.8) is 0 Å². The van der Waals surface area contributed by atoms with Gasteiger partial charge >= 0.3 is 0 Å². The second-order valence-corrected chi connectivity index (χ2v) is 10.9. The van der Waals surface area contributed by atoms with Crippen LogP contribution in [0.5, 0.6) is 0 Å². The number of furan rings is 1. The van der Waals surface area contributed by atoms with Crippen molar-refractivity contribution in [1.29, 1.82) is 0 Å². The summed E-state index contributed by atoms with van der Waals surface area (Å²) in [4.78, 5) is 10.7. The number of carbonyl (C=O) groups excluding carboxylic acids is 1. The quantitative estimate of drug-likeness (QED) is 0.714. The highest BCUT2D eigenvalue weighted by Gasteiger charge is 2.67. The fourth-order valence-corrected chi connectivity index (χ4v) is 8.52. The van der Waals surface area contributed by atoms with Gasteiger partial charge in [0, 0.05) is 5.41 Å². The molecule has 5 rings (SSSR count). The standard InChI is InChI=1S/C25H36O4/c1-23-9-5-19(29-14-12-26)15-18(23)3-4-22-21(23)6-10-24(2)20(7-11-25(22,24)27)17-8-13-28-16-17/h8,12-13,16,18-22,27H,3-7,9-11,14-15H2,1-2H3/t18?,19?,20?,21-,22-,23+,24-,25-/m1/s1. The predicted octanol–water partition coefficient (Wildman–Crippen LogP) is 5.10. The van der Waals surface area contributed by atoms with E-state index in [4.69, 9.17) is 9.15 Å². The number of aldehydes is 1. The minimum absolute atomic E-state index is 0.0501. The lowest BCUT2D eigenvalue weighted by molar-refractivity contribution is -0.207. The third-order valence-electron chi connectivity index (χ3n) is 10.1. The van der Waals surface area contributed by atoms with Crippen molar-refractivity contribution in [2.24, 2.45) is 28.6 Å². The summed E-state index contributed by atoms with van der Waals surface area (Å²) in [6.07, 6.45) is 14.7. The molecular weight excluding hydrogens is 364 g/mol. The van der Waals surface area contributed by atoms with E-state index in [2.05, 4.69) is 19.9 Å². The zero-order chi connectivity index (χ0) is 20.3. The molecular formula is C25H36O4. The number of aliphatic hydroxyl groups is 1. The molecule has 0 aromatic carbocycles. The number of ether oxygens (including phenoxy) is 1. The molecule has 1 heterocycles. The Bertz CT molecular complexity index is 744. The molecule has 4 aliphatic rings. The molecule has 29 heavy (non-hydrogen) atoms. The molecule has 1 N–H and O–H groups in total. The highest BCUT2D eigenvalue weighted by molar-refractivity contribution is 5.50. The number of fused-ring (bicyclic) bond motifs is 5. The maximum Gasteiger partial charge on any atom is 0.145 e. The summed E-state index contributed by atoms with van der Waals surface area (Å²) in [5.74, 6) is 2.08. The van der Waals surface area contributed by atoms with Gasteiger partial charge in [0.2, 0.25) is 0 Å². The van der Waals surface area contributed by atoms with Crippen molar-refractivity contribution < 1.29 is 19.1 Å². The van der Waals surface area contributed by atoms with Crippen LogP contribution in [-0.2, 0) is 9.53 Å². The first-order valence-electron chi connectivity index (χ1n) is 11.7. The second kappa shape index (κ2) is 6.95. The molecule has 3 unspecified atom stereocenters. The Morgan fingerprint density at radius 1 is 1.14 bits per heavy atom. The van der Waals surface area contributed by atoms with Gasteiger partial charge in [-0.2, -0.15) is 0 Å². The summed E-state index contributed by atoms with van der Waals surface area (Å²) in [6, 6.07) is 2.10. The van der Waals surface area contributed by atoms with Gasteiger partial charge in [-0.3, -0.25) is 0 Å². The van der Waals surface area contributed by atoms with Crippen LogP contribution in [0.4, 0.5) is 0 Å². The van der Waals surface area contributed by atoms with Gasteiger partial charge in [-0.05, 0) is 98.5 Å². The molecule has 4 fully saturated rings. The molecule has 0 aliphatic heterocycles. The van der Waals surface area contributed by atoms with Crippen LogP contribution < -0.4 is 0 Å². The number of hydrogen-bond donors (Lipinski definition) is 1. The van der Waals surface area contributed by atoms with E-state index in [0.717, 1.165) is 44.8 Å². The van der Waals surface area contributed by atoms with Crippen LogP contribution in [-0.4, -0.2) is 29.7 Å². The van der Waals surface area contributed by atoms with E-state index < -0.39 is 5.60 Å². The average Bonchev–Trinajstić information content (AvgIpc) is 3.32. The Morgan fingerprint density at radius 2 is 2.00 bits per heavy atom. The first-order valence-corrected chi connectivity index (χ1v) is 11.7. The van der Waals surface area contributed by atoms with Gasteiger partial charge in [0.25, 0.3) is 0 Å². The van der Waals surface area contributed by atoms with Gasteiger partial charge in [-0.25, -0.2) is 0 Å². The minimum Gasteiger partial charge on any atom is -0.472 e. The van der Waals surface area contributed by atoms with Gasteiger partial charge in [-0.15, -0.1) is 0 Å². The van der Waals surface area contributed by atoms with Crippen LogP contribution in [0.15, 0.2) is 23.0 Å². The molecule has 1 aromatic heterocycles. The van der Waals surface area contributed by atoms with E-state index in [1.54, 1.807) is 6.26 Å². The maximum absolute atomic E-state index is 12.2. The van der Waals surface area contributed by atoms with Crippen LogP contribution in [0.25, 0.3) is 0 Å². The molecule has 0 saturated heterocycles. The second-order valence-electron chi connectivity index (χ2n) is 10.9. The number of carbonyl (C=O) groups is 1. The van der Waals surface area contributed by atoms with E-state index >= 15 is 0 Å². The normalized spacial score (nSPS) is 49.1. The lowest BCUT2D eigenvalue weighted by atomic mass is 9.43. The SMILES string of the molecule is C[C@]12CCC(OCC=O)CC1CC[C@@H]1[C@H]2CC[C@]2(C)C(c3ccoc3)CC[C@@]12O. The van der Waals surface area contributed by atoms with Crippen molar-refractivity contribution in [2.45, 2.75) is 89.3 Å². The third kappa shape index (κ3) is 2.74. The van der Waals surface area contributed by atoms with E-state index in [1.807, 2.05) is 6.26 Å². The van der Waals surface area contributed by atoms with Gasteiger partial charge in [-0.1, -0.05) is 13.8 Å². The van der Waals surface area contributed by atoms with Crippen molar-refractivity contribution in [1.82, 2.24) is 0 Å². The molecule has 4 aliphatic carbocycles. The van der Waals surface area contributed by atoms with E-state index in [9.17, 15) is 9.90 Å². The zero-order valence-electron chi connectivity index (χ0n) is 17.9. The van der Waals surface area contributed by atoms with Crippen molar-refractivity contribution in [2.75, 3.05) is 6.61 Å². The van der Waals surface area contributed by atoms with Gasteiger partial charge < -0.3 is 19.1 Å². The smallest absolute Gasteiger partial charge is 0.145 e. The molecule has 0 amide bonds. The monoisotopic (exact) mass is 400 g/mol. The molecule has 0 bridgehead atoms. The number of hydrogen-bond acceptors (Lipinski definition) is 4. The highest BCUT2D eigenvalue weighted by Crippen LogP contribution is 2.70. The highest BCUT2D eigenvalue weighted by atomic mass is 16.5.